The molecule has 0 aliphatic carbocycles. The molecule has 1 fully saturated rings. The molecular weight excluding hydrogens is 276 g/mol. The Bertz CT molecular complexity index is 512. The predicted molar refractivity (Wildman–Crippen MR) is 88.5 cm³/mol. The van der Waals surface area contributed by atoms with Crippen molar-refractivity contribution in [1.29, 1.82) is 0 Å². The first-order valence-electron chi connectivity index (χ1n) is 8.48. The molecule has 0 N–H and O–H groups in total. The standard InChI is InChI=1S/C18H28N2O2/c1-4-22-18-12-17-14(2)19(3)6-5-15(17)11-16(18)13-20-7-9-21-10-8-20/h11-12,14H,4-10,13H2,1-3H3. The topological polar surface area (TPSA) is 24.9 Å². The molecule has 0 bridgehead atoms. The van der Waals surface area contributed by atoms with Crippen LogP contribution >= 0.6 is 0 Å². The molecular formula is C18H28N2O2. The SMILES string of the molecule is CCOc1cc2c(cc1CN1CCOCC1)CCN(C)C2C. The van der Waals surface area contributed by atoms with Crippen molar-refractivity contribution in [3.63, 3.8) is 0 Å². The number of rotatable bonds is 4. The van der Waals surface area contributed by atoms with Crippen molar-refractivity contribution in [3.05, 3.63) is 28.8 Å². The van der Waals surface area contributed by atoms with Gasteiger partial charge in [-0.05, 0) is 44.5 Å². The number of likely N-dealkylation sites (N-methyl/N-ethyl adjacent to an activating group) is 1. The van der Waals surface area contributed by atoms with Gasteiger partial charge in [0.1, 0.15) is 5.75 Å². The highest BCUT2D eigenvalue weighted by atomic mass is 16.5. The maximum Gasteiger partial charge on any atom is 0.124 e. The molecule has 0 saturated carbocycles. The number of fused-ring (bicyclic) bond motifs is 1. The molecule has 0 aromatic heterocycles. The quantitative estimate of drug-likeness (QED) is 0.853. The van der Waals surface area contributed by atoms with Crippen molar-refractivity contribution in [2.24, 2.45) is 0 Å². The van der Waals surface area contributed by atoms with Gasteiger partial charge < -0.3 is 9.47 Å². The third-order valence-electron chi connectivity index (χ3n) is 4.96. The molecule has 1 saturated heterocycles. The number of ether oxygens (including phenoxy) is 2. The fourth-order valence-corrected chi connectivity index (χ4v) is 3.44. The normalized spacial score (nSPS) is 23.3. The maximum absolute atomic E-state index is 5.95. The van der Waals surface area contributed by atoms with Crippen molar-refractivity contribution >= 4 is 0 Å². The fourth-order valence-electron chi connectivity index (χ4n) is 3.44. The Labute approximate surface area is 134 Å². The average molecular weight is 304 g/mol. The molecule has 122 valence electrons. The van der Waals surface area contributed by atoms with E-state index in [2.05, 4.69) is 42.8 Å². The first kappa shape index (κ1) is 15.8. The Morgan fingerprint density at radius 1 is 1.23 bits per heavy atom. The molecule has 1 aromatic rings. The Morgan fingerprint density at radius 3 is 2.73 bits per heavy atom. The van der Waals surface area contributed by atoms with E-state index in [9.17, 15) is 0 Å². The van der Waals surface area contributed by atoms with Gasteiger partial charge in [0, 0.05) is 37.8 Å². The minimum atomic E-state index is 0.473. The van der Waals surface area contributed by atoms with Crippen LogP contribution in [0.25, 0.3) is 0 Å². The van der Waals surface area contributed by atoms with Gasteiger partial charge in [0.25, 0.3) is 0 Å². The van der Waals surface area contributed by atoms with Crippen LogP contribution in [0.1, 0.15) is 36.6 Å². The van der Waals surface area contributed by atoms with E-state index in [4.69, 9.17) is 9.47 Å². The van der Waals surface area contributed by atoms with Crippen LogP contribution in [0.3, 0.4) is 0 Å². The second kappa shape index (κ2) is 6.99. The van der Waals surface area contributed by atoms with Gasteiger partial charge in [0.05, 0.1) is 19.8 Å². The Balaban J connectivity index is 1.87. The average Bonchev–Trinajstić information content (AvgIpc) is 2.53. The third kappa shape index (κ3) is 3.29. The molecule has 0 amide bonds. The minimum Gasteiger partial charge on any atom is -0.494 e. The summed E-state index contributed by atoms with van der Waals surface area (Å²) in [7, 11) is 2.20. The molecule has 0 radical (unpaired) electrons. The lowest BCUT2D eigenvalue weighted by atomic mass is 9.91. The highest BCUT2D eigenvalue weighted by Crippen LogP contribution is 2.34. The Morgan fingerprint density at radius 2 is 2.00 bits per heavy atom. The monoisotopic (exact) mass is 304 g/mol. The van der Waals surface area contributed by atoms with Crippen LogP contribution in [-0.2, 0) is 17.7 Å². The summed E-state index contributed by atoms with van der Waals surface area (Å²) in [6.45, 7) is 10.9. The van der Waals surface area contributed by atoms with Crippen LogP contribution in [0.15, 0.2) is 12.1 Å². The molecule has 2 aliphatic rings. The molecule has 4 nitrogen and oxygen atoms in total. The van der Waals surface area contributed by atoms with E-state index in [0.717, 1.165) is 58.2 Å². The Hall–Kier alpha value is -1.10. The molecule has 1 atom stereocenters. The number of morpholine rings is 1. The summed E-state index contributed by atoms with van der Waals surface area (Å²) in [5.41, 5.74) is 4.26. The highest BCUT2D eigenvalue weighted by Gasteiger charge is 2.24. The Kier molecular flexibility index (Phi) is 5.01. The van der Waals surface area contributed by atoms with Crippen LogP contribution in [0.4, 0.5) is 0 Å². The van der Waals surface area contributed by atoms with Crippen molar-refractivity contribution in [2.45, 2.75) is 32.9 Å². The van der Waals surface area contributed by atoms with E-state index >= 15 is 0 Å². The lowest BCUT2D eigenvalue weighted by Crippen LogP contribution is -2.36. The van der Waals surface area contributed by atoms with Crippen molar-refractivity contribution in [2.75, 3.05) is 46.5 Å². The number of nitrogens with zero attached hydrogens (tertiary/aromatic N) is 2. The molecule has 2 heterocycles. The van der Waals surface area contributed by atoms with Crippen molar-refractivity contribution in [1.82, 2.24) is 9.80 Å². The third-order valence-corrected chi connectivity index (χ3v) is 4.96. The summed E-state index contributed by atoms with van der Waals surface area (Å²) >= 11 is 0. The van der Waals surface area contributed by atoms with E-state index in [-0.39, 0.29) is 0 Å². The fraction of sp³-hybridized carbons (Fsp3) is 0.667. The summed E-state index contributed by atoms with van der Waals surface area (Å²) in [5.74, 6) is 1.06. The van der Waals surface area contributed by atoms with Crippen LogP contribution in [0, 0.1) is 0 Å². The smallest absolute Gasteiger partial charge is 0.124 e. The number of benzene rings is 1. The summed E-state index contributed by atoms with van der Waals surface area (Å²) in [6, 6.07) is 5.15. The summed E-state index contributed by atoms with van der Waals surface area (Å²) in [5, 5.41) is 0. The van der Waals surface area contributed by atoms with Crippen molar-refractivity contribution in [3.8, 4) is 5.75 Å². The molecule has 22 heavy (non-hydrogen) atoms. The number of hydrogen-bond donors (Lipinski definition) is 0. The molecule has 3 rings (SSSR count). The van der Waals surface area contributed by atoms with Gasteiger partial charge in [-0.25, -0.2) is 0 Å². The van der Waals surface area contributed by atoms with Crippen molar-refractivity contribution < 1.29 is 9.47 Å². The maximum atomic E-state index is 5.95. The van der Waals surface area contributed by atoms with Gasteiger partial charge >= 0.3 is 0 Å². The van der Waals surface area contributed by atoms with E-state index < -0.39 is 0 Å². The molecule has 1 aromatic carbocycles. The lowest BCUT2D eigenvalue weighted by molar-refractivity contribution is 0.0338. The van der Waals surface area contributed by atoms with Crippen LogP contribution < -0.4 is 4.74 Å². The van der Waals surface area contributed by atoms with E-state index in [1.807, 2.05) is 0 Å². The van der Waals surface area contributed by atoms with Gasteiger partial charge in [0.2, 0.25) is 0 Å². The van der Waals surface area contributed by atoms with E-state index in [0.29, 0.717) is 6.04 Å². The van der Waals surface area contributed by atoms with Gasteiger partial charge in [0.15, 0.2) is 0 Å². The van der Waals surface area contributed by atoms with E-state index in [1.54, 1.807) is 0 Å². The molecule has 1 unspecified atom stereocenters. The number of hydrogen-bond acceptors (Lipinski definition) is 4. The van der Waals surface area contributed by atoms with Gasteiger partial charge in [-0.2, -0.15) is 0 Å². The largest absolute Gasteiger partial charge is 0.494 e. The zero-order valence-corrected chi connectivity index (χ0v) is 14.1. The highest BCUT2D eigenvalue weighted by molar-refractivity contribution is 5.45. The molecule has 4 heteroatoms. The van der Waals surface area contributed by atoms with Crippen LogP contribution in [0.5, 0.6) is 5.75 Å². The van der Waals surface area contributed by atoms with Crippen LogP contribution in [-0.4, -0.2) is 56.3 Å². The second-order valence-corrected chi connectivity index (χ2v) is 6.39. The summed E-state index contributed by atoms with van der Waals surface area (Å²) in [6.07, 6.45) is 1.14. The van der Waals surface area contributed by atoms with Gasteiger partial charge in [-0.3, -0.25) is 9.80 Å². The second-order valence-electron chi connectivity index (χ2n) is 6.39. The first-order valence-corrected chi connectivity index (χ1v) is 8.48. The van der Waals surface area contributed by atoms with Gasteiger partial charge in [-0.1, -0.05) is 6.07 Å². The summed E-state index contributed by atoms with van der Waals surface area (Å²) in [4.78, 5) is 4.88. The molecule has 0 spiro atoms. The zero-order valence-electron chi connectivity index (χ0n) is 14.1. The summed E-state index contributed by atoms with van der Waals surface area (Å²) < 4.78 is 11.4. The predicted octanol–water partition coefficient (Wildman–Crippen LogP) is 2.47. The van der Waals surface area contributed by atoms with E-state index in [1.165, 1.54) is 16.7 Å². The zero-order chi connectivity index (χ0) is 15.5. The van der Waals surface area contributed by atoms with Crippen LogP contribution in [0.2, 0.25) is 0 Å². The first-order chi connectivity index (χ1) is 10.7. The lowest BCUT2D eigenvalue weighted by Gasteiger charge is -2.34. The minimum absolute atomic E-state index is 0.473. The van der Waals surface area contributed by atoms with Gasteiger partial charge in [-0.15, -0.1) is 0 Å². The molecule has 2 aliphatic heterocycles.